The van der Waals surface area contributed by atoms with Gasteiger partial charge in [-0.05, 0) is 37.0 Å². The van der Waals surface area contributed by atoms with E-state index in [4.69, 9.17) is 0 Å². The molecule has 0 saturated heterocycles. The number of phenolic OH excluding ortho intramolecular Hbond substituents is 1. The van der Waals surface area contributed by atoms with Crippen molar-refractivity contribution >= 4 is 22.5 Å². The van der Waals surface area contributed by atoms with Gasteiger partial charge in [-0.1, -0.05) is 18.9 Å². The van der Waals surface area contributed by atoms with E-state index in [0.29, 0.717) is 18.0 Å². The minimum atomic E-state index is -0.0255. The molecule has 0 radical (unpaired) electrons. The Morgan fingerprint density at radius 3 is 2.95 bits per heavy atom. The van der Waals surface area contributed by atoms with E-state index in [1.807, 2.05) is 12.1 Å². The van der Waals surface area contributed by atoms with Gasteiger partial charge >= 0.3 is 0 Å². The molecule has 1 aliphatic rings. The van der Waals surface area contributed by atoms with Crippen LogP contribution in [-0.2, 0) is 4.79 Å². The first-order valence-electron chi connectivity index (χ1n) is 7.10. The molecule has 2 N–H and O–H groups in total. The fourth-order valence-electron chi connectivity index (χ4n) is 2.89. The van der Waals surface area contributed by atoms with Crippen molar-refractivity contribution in [3.8, 4) is 5.75 Å². The van der Waals surface area contributed by atoms with Crippen LogP contribution in [0.25, 0.3) is 10.9 Å². The van der Waals surface area contributed by atoms with Crippen LogP contribution in [0.5, 0.6) is 5.75 Å². The molecule has 4 nitrogen and oxygen atoms in total. The van der Waals surface area contributed by atoms with Gasteiger partial charge in [-0.25, -0.2) is 0 Å². The smallest absolute Gasteiger partial charge is 0.224 e. The van der Waals surface area contributed by atoms with E-state index in [1.165, 1.54) is 12.8 Å². The lowest BCUT2D eigenvalue weighted by molar-refractivity contribution is -0.117. The topological polar surface area (TPSA) is 62.2 Å². The lowest BCUT2D eigenvalue weighted by atomic mass is 10.0. The third kappa shape index (κ3) is 2.74. The summed E-state index contributed by atoms with van der Waals surface area (Å²) in [4.78, 5) is 16.2. The molecule has 0 bridgehead atoms. The van der Waals surface area contributed by atoms with Crippen molar-refractivity contribution in [1.29, 1.82) is 0 Å². The van der Waals surface area contributed by atoms with Crippen molar-refractivity contribution in [1.82, 2.24) is 4.98 Å². The number of rotatable bonds is 3. The van der Waals surface area contributed by atoms with Crippen LogP contribution in [0.3, 0.4) is 0 Å². The summed E-state index contributed by atoms with van der Waals surface area (Å²) in [7, 11) is 0. The van der Waals surface area contributed by atoms with Gasteiger partial charge in [0, 0.05) is 18.0 Å². The summed E-state index contributed by atoms with van der Waals surface area (Å²) in [6.45, 7) is 0. The summed E-state index contributed by atoms with van der Waals surface area (Å²) in [6, 6.07) is 7.05. The predicted molar refractivity (Wildman–Crippen MR) is 78.6 cm³/mol. The molecule has 2 aromatic rings. The van der Waals surface area contributed by atoms with E-state index in [9.17, 15) is 9.90 Å². The van der Waals surface area contributed by atoms with Crippen molar-refractivity contribution in [2.75, 3.05) is 5.32 Å². The number of phenols is 1. The Kier molecular flexibility index (Phi) is 3.54. The first-order chi connectivity index (χ1) is 9.72. The summed E-state index contributed by atoms with van der Waals surface area (Å²) < 4.78 is 0. The van der Waals surface area contributed by atoms with Crippen LogP contribution >= 0.6 is 0 Å². The molecule has 0 atom stereocenters. The third-order valence-corrected chi connectivity index (χ3v) is 3.94. The van der Waals surface area contributed by atoms with E-state index in [0.717, 1.165) is 23.7 Å². The van der Waals surface area contributed by atoms with E-state index >= 15 is 0 Å². The van der Waals surface area contributed by atoms with Gasteiger partial charge < -0.3 is 10.4 Å². The number of aromatic nitrogens is 1. The summed E-state index contributed by atoms with van der Waals surface area (Å²) in [5.74, 6) is 0.559. The summed E-state index contributed by atoms with van der Waals surface area (Å²) >= 11 is 0. The monoisotopic (exact) mass is 270 g/mol. The quantitative estimate of drug-likeness (QED) is 0.840. The van der Waals surface area contributed by atoms with Crippen LogP contribution in [0.15, 0.2) is 30.5 Å². The number of benzene rings is 1. The molecule has 4 heteroatoms. The fourth-order valence-corrected chi connectivity index (χ4v) is 2.89. The van der Waals surface area contributed by atoms with Gasteiger partial charge in [0.05, 0.1) is 11.2 Å². The van der Waals surface area contributed by atoms with Crippen molar-refractivity contribution in [3.05, 3.63) is 30.5 Å². The zero-order valence-corrected chi connectivity index (χ0v) is 11.3. The molecule has 3 rings (SSSR count). The van der Waals surface area contributed by atoms with Gasteiger partial charge in [-0.2, -0.15) is 0 Å². The second-order valence-electron chi connectivity index (χ2n) is 5.47. The highest BCUT2D eigenvalue weighted by Gasteiger charge is 2.19. The average Bonchev–Trinajstić information content (AvgIpc) is 2.92. The molecule has 1 fully saturated rings. The van der Waals surface area contributed by atoms with E-state index in [2.05, 4.69) is 10.3 Å². The summed E-state index contributed by atoms with van der Waals surface area (Å²) in [6.07, 6.45) is 6.97. The number of aromatic hydroxyl groups is 1. The zero-order chi connectivity index (χ0) is 13.9. The number of pyridine rings is 1. The SMILES string of the molecule is O=C(CC1CCCC1)Nc1cc2ncccc2cc1O. The van der Waals surface area contributed by atoms with Crippen LogP contribution in [0.4, 0.5) is 5.69 Å². The number of anilines is 1. The second kappa shape index (κ2) is 5.49. The van der Waals surface area contributed by atoms with Crippen molar-refractivity contribution in [2.24, 2.45) is 5.92 Å². The van der Waals surface area contributed by atoms with Gasteiger partial charge in [-0.15, -0.1) is 0 Å². The maximum atomic E-state index is 12.0. The highest BCUT2D eigenvalue weighted by molar-refractivity contribution is 5.95. The molecule has 0 unspecified atom stereocenters. The number of amides is 1. The summed E-state index contributed by atoms with van der Waals surface area (Å²) in [5, 5.41) is 13.6. The standard InChI is InChI=1S/C16H18N2O2/c19-15-9-12-6-3-7-17-13(12)10-14(15)18-16(20)8-11-4-1-2-5-11/h3,6-7,9-11,19H,1-2,4-5,8H2,(H,18,20). The maximum Gasteiger partial charge on any atom is 0.224 e. The largest absolute Gasteiger partial charge is 0.506 e. The maximum absolute atomic E-state index is 12.0. The van der Waals surface area contributed by atoms with Crippen LogP contribution in [0.1, 0.15) is 32.1 Å². The Bertz CT molecular complexity index is 633. The number of carbonyl (C=O) groups excluding carboxylic acids is 1. The molecular weight excluding hydrogens is 252 g/mol. The molecule has 1 heterocycles. The molecule has 1 saturated carbocycles. The molecule has 0 aliphatic heterocycles. The van der Waals surface area contributed by atoms with Crippen molar-refractivity contribution in [3.63, 3.8) is 0 Å². The number of hydrogen-bond donors (Lipinski definition) is 2. The van der Waals surface area contributed by atoms with Gasteiger partial charge in [0.1, 0.15) is 5.75 Å². The molecule has 1 aromatic carbocycles. The number of fused-ring (bicyclic) bond motifs is 1. The second-order valence-corrected chi connectivity index (χ2v) is 5.47. The average molecular weight is 270 g/mol. The molecule has 0 spiro atoms. The number of nitrogens with one attached hydrogen (secondary N) is 1. The Hall–Kier alpha value is -2.10. The highest BCUT2D eigenvalue weighted by atomic mass is 16.3. The van der Waals surface area contributed by atoms with Gasteiger partial charge in [-0.3, -0.25) is 9.78 Å². The fraction of sp³-hybridized carbons (Fsp3) is 0.375. The lowest BCUT2D eigenvalue weighted by Gasteiger charge is -2.11. The van der Waals surface area contributed by atoms with Crippen molar-refractivity contribution < 1.29 is 9.90 Å². The minimum absolute atomic E-state index is 0.0255. The first kappa shape index (κ1) is 12.9. The Morgan fingerprint density at radius 1 is 1.35 bits per heavy atom. The molecule has 1 aromatic heterocycles. The third-order valence-electron chi connectivity index (χ3n) is 3.94. The lowest BCUT2D eigenvalue weighted by Crippen LogP contribution is -2.15. The van der Waals surface area contributed by atoms with E-state index in [1.54, 1.807) is 18.3 Å². The molecular formula is C16H18N2O2. The Balaban J connectivity index is 1.76. The minimum Gasteiger partial charge on any atom is -0.506 e. The summed E-state index contributed by atoms with van der Waals surface area (Å²) in [5.41, 5.74) is 1.21. The van der Waals surface area contributed by atoms with Gasteiger partial charge in [0.25, 0.3) is 0 Å². The van der Waals surface area contributed by atoms with E-state index in [-0.39, 0.29) is 11.7 Å². The number of nitrogens with zero attached hydrogens (tertiary/aromatic N) is 1. The number of hydrogen-bond acceptors (Lipinski definition) is 3. The number of carbonyl (C=O) groups is 1. The molecule has 1 amide bonds. The first-order valence-corrected chi connectivity index (χ1v) is 7.10. The normalized spacial score (nSPS) is 15.6. The highest BCUT2D eigenvalue weighted by Crippen LogP contribution is 2.30. The molecule has 104 valence electrons. The molecule has 20 heavy (non-hydrogen) atoms. The van der Waals surface area contributed by atoms with Crippen LogP contribution in [-0.4, -0.2) is 16.0 Å². The predicted octanol–water partition coefficient (Wildman–Crippen LogP) is 3.46. The van der Waals surface area contributed by atoms with Crippen LogP contribution < -0.4 is 5.32 Å². The van der Waals surface area contributed by atoms with Crippen LogP contribution in [0.2, 0.25) is 0 Å². The molecule has 1 aliphatic carbocycles. The van der Waals surface area contributed by atoms with Crippen LogP contribution in [0, 0.1) is 5.92 Å². The zero-order valence-electron chi connectivity index (χ0n) is 11.3. The van der Waals surface area contributed by atoms with Gasteiger partial charge in [0.2, 0.25) is 5.91 Å². The Morgan fingerprint density at radius 2 is 2.15 bits per heavy atom. The van der Waals surface area contributed by atoms with Crippen molar-refractivity contribution in [2.45, 2.75) is 32.1 Å². The van der Waals surface area contributed by atoms with Gasteiger partial charge in [0.15, 0.2) is 0 Å². The Labute approximate surface area is 117 Å². The van der Waals surface area contributed by atoms with E-state index < -0.39 is 0 Å².